The first-order chi connectivity index (χ1) is 6.72. The Morgan fingerprint density at radius 3 is 2.71 bits per heavy atom. The zero-order valence-corrected chi connectivity index (χ0v) is 9.93. The van der Waals surface area contributed by atoms with Crippen LogP contribution in [0.4, 0.5) is 0 Å². The zero-order chi connectivity index (χ0) is 10.6. The number of hydrogen-bond acceptors (Lipinski definition) is 2. The highest BCUT2D eigenvalue weighted by molar-refractivity contribution is 9.09. The molecule has 0 spiro atoms. The lowest BCUT2D eigenvalue weighted by atomic mass is 10.0. The number of hydrogen-bond donors (Lipinski definition) is 0. The Balaban J connectivity index is 3.11. The second-order valence-electron chi connectivity index (χ2n) is 2.93. The first kappa shape index (κ1) is 11.2. The molecule has 1 rings (SSSR count). The van der Waals surface area contributed by atoms with E-state index >= 15 is 0 Å². The molecular formula is C11H13BrO2. The fourth-order valence-electron chi connectivity index (χ4n) is 1.33. The molecule has 76 valence electrons. The van der Waals surface area contributed by atoms with Crippen molar-refractivity contribution < 1.29 is 9.53 Å². The topological polar surface area (TPSA) is 26.3 Å². The van der Waals surface area contributed by atoms with Gasteiger partial charge in [0.05, 0.1) is 12.4 Å². The van der Waals surface area contributed by atoms with Crippen molar-refractivity contribution in [2.45, 2.75) is 13.3 Å². The van der Waals surface area contributed by atoms with Crippen molar-refractivity contribution in [3.05, 3.63) is 29.3 Å². The fraction of sp³-hybridized carbons (Fsp3) is 0.364. The Kier molecular flexibility index (Phi) is 4.14. The lowest BCUT2D eigenvalue weighted by molar-refractivity contribution is 0.102. The number of halogens is 1. The lowest BCUT2D eigenvalue weighted by Gasteiger charge is -2.07. The number of rotatable bonds is 4. The molecule has 2 nitrogen and oxygen atoms in total. The van der Waals surface area contributed by atoms with Crippen molar-refractivity contribution >= 4 is 21.7 Å². The molecule has 14 heavy (non-hydrogen) atoms. The van der Waals surface area contributed by atoms with E-state index in [0.717, 1.165) is 23.3 Å². The molecule has 0 heterocycles. The maximum absolute atomic E-state index is 11.5. The van der Waals surface area contributed by atoms with Gasteiger partial charge in [0.25, 0.3) is 0 Å². The van der Waals surface area contributed by atoms with E-state index in [0.29, 0.717) is 5.33 Å². The molecule has 1 aromatic carbocycles. The van der Waals surface area contributed by atoms with Crippen LogP contribution in [-0.2, 0) is 6.42 Å². The molecule has 0 atom stereocenters. The van der Waals surface area contributed by atoms with Gasteiger partial charge in [-0.3, -0.25) is 4.79 Å². The summed E-state index contributed by atoms with van der Waals surface area (Å²) in [6.45, 7) is 2.03. The van der Waals surface area contributed by atoms with Crippen LogP contribution >= 0.6 is 15.9 Å². The van der Waals surface area contributed by atoms with E-state index in [1.54, 1.807) is 7.11 Å². The predicted molar refractivity (Wildman–Crippen MR) is 60.5 cm³/mol. The first-order valence-electron chi connectivity index (χ1n) is 4.49. The van der Waals surface area contributed by atoms with Crippen LogP contribution in [0.1, 0.15) is 22.8 Å². The van der Waals surface area contributed by atoms with Crippen LogP contribution in [-0.4, -0.2) is 18.2 Å². The summed E-state index contributed by atoms with van der Waals surface area (Å²) >= 11 is 3.17. The summed E-state index contributed by atoms with van der Waals surface area (Å²) in [5.74, 6) is 0.914. The van der Waals surface area contributed by atoms with E-state index in [4.69, 9.17) is 4.74 Å². The number of Topliss-reactive ketones (excluding diaryl/α,β-unsaturated/α-hetero) is 1. The van der Waals surface area contributed by atoms with Gasteiger partial charge in [-0.1, -0.05) is 22.9 Å². The number of methoxy groups -OCH3 is 1. The smallest absolute Gasteiger partial charge is 0.173 e. The SMILES string of the molecule is CCc1cc(OC)ccc1C(=O)CBr. The third-order valence-corrected chi connectivity index (χ3v) is 2.62. The molecule has 0 N–H and O–H groups in total. The van der Waals surface area contributed by atoms with Crippen molar-refractivity contribution in [2.75, 3.05) is 12.4 Å². The van der Waals surface area contributed by atoms with Crippen molar-refractivity contribution in [3.8, 4) is 5.75 Å². The molecule has 0 amide bonds. The maximum atomic E-state index is 11.5. The zero-order valence-electron chi connectivity index (χ0n) is 8.34. The Morgan fingerprint density at radius 2 is 2.21 bits per heavy atom. The second-order valence-corrected chi connectivity index (χ2v) is 3.49. The van der Waals surface area contributed by atoms with E-state index < -0.39 is 0 Å². The van der Waals surface area contributed by atoms with Crippen molar-refractivity contribution in [3.63, 3.8) is 0 Å². The van der Waals surface area contributed by atoms with Crippen molar-refractivity contribution in [1.82, 2.24) is 0 Å². The normalized spacial score (nSPS) is 9.93. The molecule has 0 aromatic heterocycles. The average molecular weight is 257 g/mol. The van der Waals surface area contributed by atoms with Gasteiger partial charge < -0.3 is 4.74 Å². The van der Waals surface area contributed by atoms with Gasteiger partial charge in [0, 0.05) is 5.56 Å². The fourth-order valence-corrected chi connectivity index (χ4v) is 1.64. The molecule has 0 aliphatic rings. The van der Waals surface area contributed by atoms with E-state index in [9.17, 15) is 4.79 Å². The number of ether oxygens (including phenoxy) is 1. The first-order valence-corrected chi connectivity index (χ1v) is 5.61. The van der Waals surface area contributed by atoms with Gasteiger partial charge in [-0.05, 0) is 30.2 Å². The highest BCUT2D eigenvalue weighted by Gasteiger charge is 2.09. The van der Waals surface area contributed by atoms with Crippen molar-refractivity contribution in [2.24, 2.45) is 0 Å². The molecule has 3 heteroatoms. The molecule has 0 radical (unpaired) electrons. The molecule has 0 fully saturated rings. The number of alkyl halides is 1. The minimum atomic E-state index is 0.115. The minimum absolute atomic E-state index is 0.115. The third kappa shape index (κ3) is 2.35. The van der Waals surface area contributed by atoms with Crippen molar-refractivity contribution in [1.29, 1.82) is 0 Å². The van der Waals surface area contributed by atoms with Gasteiger partial charge in [-0.2, -0.15) is 0 Å². The molecular weight excluding hydrogens is 244 g/mol. The molecule has 0 bridgehead atoms. The van der Waals surface area contributed by atoms with Crippen LogP contribution in [0.2, 0.25) is 0 Å². The molecule has 0 unspecified atom stereocenters. The summed E-state index contributed by atoms with van der Waals surface area (Å²) in [4.78, 5) is 11.5. The summed E-state index contributed by atoms with van der Waals surface area (Å²) in [7, 11) is 1.63. The predicted octanol–water partition coefficient (Wildman–Crippen LogP) is 2.84. The van der Waals surface area contributed by atoms with Crippen LogP contribution in [0.15, 0.2) is 18.2 Å². The summed E-state index contributed by atoms with van der Waals surface area (Å²) in [5, 5.41) is 0.367. The highest BCUT2D eigenvalue weighted by atomic mass is 79.9. The van der Waals surface area contributed by atoms with Gasteiger partial charge >= 0.3 is 0 Å². The Bertz CT molecular complexity index is 334. The Hall–Kier alpha value is -0.830. The molecule has 0 aliphatic carbocycles. The number of benzene rings is 1. The number of ketones is 1. The van der Waals surface area contributed by atoms with Gasteiger partial charge in [0.15, 0.2) is 5.78 Å². The minimum Gasteiger partial charge on any atom is -0.497 e. The summed E-state index contributed by atoms with van der Waals surface area (Å²) in [6.07, 6.45) is 0.839. The van der Waals surface area contributed by atoms with Crippen LogP contribution in [0.3, 0.4) is 0 Å². The van der Waals surface area contributed by atoms with E-state index in [-0.39, 0.29) is 5.78 Å². The monoisotopic (exact) mass is 256 g/mol. The van der Waals surface area contributed by atoms with Gasteiger partial charge in [0.2, 0.25) is 0 Å². The largest absolute Gasteiger partial charge is 0.497 e. The average Bonchev–Trinajstić information content (AvgIpc) is 2.27. The standard InChI is InChI=1S/C11H13BrO2/c1-3-8-6-9(14-2)4-5-10(8)11(13)7-12/h4-6H,3,7H2,1-2H3. The molecule has 0 saturated carbocycles. The molecule has 0 aliphatic heterocycles. The van der Waals surface area contributed by atoms with Gasteiger partial charge in [-0.15, -0.1) is 0 Å². The Morgan fingerprint density at radius 1 is 1.50 bits per heavy atom. The van der Waals surface area contributed by atoms with E-state index in [1.165, 1.54) is 0 Å². The number of carbonyl (C=O) groups is 1. The molecule has 1 aromatic rings. The van der Waals surface area contributed by atoms with Gasteiger partial charge in [-0.25, -0.2) is 0 Å². The van der Waals surface area contributed by atoms with Gasteiger partial charge in [0.1, 0.15) is 5.75 Å². The third-order valence-electron chi connectivity index (χ3n) is 2.12. The number of aryl methyl sites for hydroxylation is 1. The summed E-state index contributed by atoms with van der Waals surface area (Å²) < 4.78 is 5.10. The maximum Gasteiger partial charge on any atom is 0.173 e. The van der Waals surface area contributed by atoms with Crippen LogP contribution in [0.25, 0.3) is 0 Å². The summed E-state index contributed by atoms with van der Waals surface area (Å²) in [5.41, 5.74) is 1.82. The highest BCUT2D eigenvalue weighted by Crippen LogP contribution is 2.19. The van der Waals surface area contributed by atoms with Crippen LogP contribution < -0.4 is 4.74 Å². The molecule has 0 saturated heterocycles. The number of carbonyl (C=O) groups excluding carboxylic acids is 1. The van der Waals surface area contributed by atoms with E-state index in [1.807, 2.05) is 25.1 Å². The summed E-state index contributed by atoms with van der Waals surface area (Å²) in [6, 6.07) is 5.55. The van der Waals surface area contributed by atoms with Crippen LogP contribution in [0.5, 0.6) is 5.75 Å². The van der Waals surface area contributed by atoms with E-state index in [2.05, 4.69) is 15.9 Å². The second kappa shape index (κ2) is 5.15. The lowest BCUT2D eigenvalue weighted by Crippen LogP contribution is -2.04. The van der Waals surface area contributed by atoms with Crippen LogP contribution in [0, 0.1) is 0 Å². The quantitative estimate of drug-likeness (QED) is 0.612. The Labute approximate surface area is 92.4 Å².